The van der Waals surface area contributed by atoms with Crippen LogP contribution in [0, 0.1) is 13.8 Å². The SMILES string of the molecule is COc1ccc(/C=C/C(=O)Nc2cc(S(=O)(=O)N(C)C)cc(C)c2C)c(OC)c1. The quantitative estimate of drug-likeness (QED) is 0.698. The van der Waals surface area contributed by atoms with E-state index in [9.17, 15) is 13.2 Å². The largest absolute Gasteiger partial charge is 0.497 e. The maximum absolute atomic E-state index is 12.4. The van der Waals surface area contributed by atoms with Gasteiger partial charge in [0.1, 0.15) is 11.5 Å². The van der Waals surface area contributed by atoms with Gasteiger partial charge < -0.3 is 14.8 Å². The van der Waals surface area contributed by atoms with Crippen LogP contribution in [0.4, 0.5) is 5.69 Å². The van der Waals surface area contributed by atoms with Crippen molar-refractivity contribution in [2.45, 2.75) is 18.7 Å². The van der Waals surface area contributed by atoms with Crippen molar-refractivity contribution in [2.24, 2.45) is 0 Å². The molecule has 0 spiro atoms. The van der Waals surface area contributed by atoms with Gasteiger partial charge in [-0.2, -0.15) is 0 Å². The van der Waals surface area contributed by atoms with Crippen LogP contribution >= 0.6 is 0 Å². The maximum atomic E-state index is 12.4. The van der Waals surface area contributed by atoms with E-state index in [2.05, 4.69) is 5.32 Å². The summed E-state index contributed by atoms with van der Waals surface area (Å²) in [5, 5.41) is 2.76. The fourth-order valence-electron chi connectivity index (χ4n) is 2.61. The molecule has 2 aromatic rings. The molecule has 1 amide bonds. The third kappa shape index (κ3) is 5.16. The molecule has 2 rings (SSSR count). The minimum absolute atomic E-state index is 0.127. The number of sulfonamides is 1. The van der Waals surface area contributed by atoms with Crippen molar-refractivity contribution in [3.63, 3.8) is 0 Å². The second kappa shape index (κ2) is 9.11. The lowest BCUT2D eigenvalue weighted by atomic mass is 10.1. The van der Waals surface area contributed by atoms with Crippen LogP contribution in [-0.4, -0.2) is 46.9 Å². The van der Waals surface area contributed by atoms with Crippen molar-refractivity contribution >= 4 is 27.7 Å². The summed E-state index contributed by atoms with van der Waals surface area (Å²) in [6, 6.07) is 8.33. The fraction of sp³-hybridized carbons (Fsp3) is 0.286. The molecular weight excluding hydrogens is 392 g/mol. The summed E-state index contributed by atoms with van der Waals surface area (Å²) < 4.78 is 36.5. The molecule has 2 aromatic carbocycles. The molecule has 156 valence electrons. The lowest BCUT2D eigenvalue weighted by Crippen LogP contribution is -2.22. The molecule has 0 aliphatic carbocycles. The number of carbonyl (C=O) groups excluding carboxylic acids is 1. The van der Waals surface area contributed by atoms with Crippen molar-refractivity contribution in [3.05, 3.63) is 53.1 Å². The van der Waals surface area contributed by atoms with E-state index >= 15 is 0 Å². The first-order chi connectivity index (χ1) is 13.6. The van der Waals surface area contributed by atoms with Crippen molar-refractivity contribution < 1.29 is 22.7 Å². The van der Waals surface area contributed by atoms with Gasteiger partial charge in [0.15, 0.2) is 0 Å². The molecule has 0 fully saturated rings. The van der Waals surface area contributed by atoms with E-state index in [1.54, 1.807) is 44.4 Å². The number of rotatable bonds is 7. The Bertz CT molecular complexity index is 1040. The summed E-state index contributed by atoms with van der Waals surface area (Å²) >= 11 is 0. The number of amides is 1. The second-order valence-corrected chi connectivity index (χ2v) is 8.78. The number of hydrogen-bond donors (Lipinski definition) is 1. The van der Waals surface area contributed by atoms with Gasteiger partial charge in [0.2, 0.25) is 15.9 Å². The zero-order valence-corrected chi connectivity index (χ0v) is 18.3. The molecule has 0 saturated heterocycles. The Morgan fingerprint density at radius 3 is 2.34 bits per heavy atom. The molecular formula is C21H26N2O5S. The van der Waals surface area contributed by atoms with Crippen molar-refractivity contribution in [1.29, 1.82) is 0 Å². The first-order valence-electron chi connectivity index (χ1n) is 8.85. The predicted molar refractivity (Wildman–Crippen MR) is 114 cm³/mol. The number of carbonyl (C=O) groups is 1. The van der Waals surface area contributed by atoms with E-state index in [1.165, 1.54) is 33.3 Å². The highest BCUT2D eigenvalue weighted by Gasteiger charge is 2.20. The summed E-state index contributed by atoms with van der Waals surface area (Å²) in [5.41, 5.74) is 2.72. The molecule has 0 aliphatic heterocycles. The maximum Gasteiger partial charge on any atom is 0.248 e. The molecule has 0 saturated carbocycles. The minimum Gasteiger partial charge on any atom is -0.497 e. The van der Waals surface area contributed by atoms with Gasteiger partial charge >= 0.3 is 0 Å². The number of methoxy groups -OCH3 is 2. The number of ether oxygens (including phenoxy) is 2. The number of nitrogens with one attached hydrogen (secondary N) is 1. The summed E-state index contributed by atoms with van der Waals surface area (Å²) in [6.07, 6.45) is 2.99. The van der Waals surface area contributed by atoms with Crippen LogP contribution in [0.25, 0.3) is 6.08 Å². The van der Waals surface area contributed by atoms with Gasteiger partial charge in [-0.05, 0) is 55.3 Å². The first-order valence-corrected chi connectivity index (χ1v) is 10.3. The Labute approximate surface area is 172 Å². The Balaban J connectivity index is 2.29. The lowest BCUT2D eigenvalue weighted by Gasteiger charge is -2.16. The molecule has 7 nitrogen and oxygen atoms in total. The molecule has 0 bridgehead atoms. The van der Waals surface area contributed by atoms with Crippen LogP contribution in [-0.2, 0) is 14.8 Å². The zero-order chi connectivity index (χ0) is 21.8. The normalized spacial score (nSPS) is 11.7. The summed E-state index contributed by atoms with van der Waals surface area (Å²) in [6.45, 7) is 3.63. The molecule has 29 heavy (non-hydrogen) atoms. The van der Waals surface area contributed by atoms with Crippen molar-refractivity contribution in [1.82, 2.24) is 4.31 Å². The van der Waals surface area contributed by atoms with Gasteiger partial charge in [0.05, 0.1) is 19.1 Å². The lowest BCUT2D eigenvalue weighted by molar-refractivity contribution is -0.111. The highest BCUT2D eigenvalue weighted by Crippen LogP contribution is 2.27. The van der Waals surface area contributed by atoms with Crippen LogP contribution in [0.3, 0.4) is 0 Å². The number of anilines is 1. The molecule has 0 heterocycles. The number of aryl methyl sites for hydroxylation is 1. The van der Waals surface area contributed by atoms with E-state index in [4.69, 9.17) is 9.47 Å². The fourth-order valence-corrected chi connectivity index (χ4v) is 3.63. The monoisotopic (exact) mass is 418 g/mol. The van der Waals surface area contributed by atoms with E-state index in [0.717, 1.165) is 15.4 Å². The highest BCUT2D eigenvalue weighted by atomic mass is 32.2. The zero-order valence-electron chi connectivity index (χ0n) is 17.4. The van der Waals surface area contributed by atoms with Crippen LogP contribution in [0.2, 0.25) is 0 Å². The van der Waals surface area contributed by atoms with Gasteiger partial charge in [0, 0.05) is 37.5 Å². The van der Waals surface area contributed by atoms with E-state index in [1.807, 2.05) is 6.92 Å². The Morgan fingerprint density at radius 1 is 1.07 bits per heavy atom. The Kier molecular flexibility index (Phi) is 7.05. The van der Waals surface area contributed by atoms with Gasteiger partial charge in [-0.3, -0.25) is 4.79 Å². The average Bonchev–Trinajstić information content (AvgIpc) is 2.69. The standard InChI is InChI=1S/C21H26N2O5S/c1-14-11-18(29(25,26)23(3)4)13-19(15(14)2)22-21(24)10-8-16-7-9-17(27-5)12-20(16)28-6/h7-13H,1-6H3,(H,22,24)/b10-8+. The summed E-state index contributed by atoms with van der Waals surface area (Å²) in [5.74, 6) is 0.831. The van der Waals surface area contributed by atoms with Crippen LogP contribution in [0.1, 0.15) is 16.7 Å². The Hall–Kier alpha value is -2.84. The van der Waals surface area contributed by atoms with Gasteiger partial charge in [-0.25, -0.2) is 12.7 Å². The smallest absolute Gasteiger partial charge is 0.248 e. The van der Waals surface area contributed by atoms with E-state index in [-0.39, 0.29) is 10.8 Å². The third-order valence-corrected chi connectivity index (χ3v) is 6.33. The topological polar surface area (TPSA) is 84.9 Å². The molecule has 0 radical (unpaired) electrons. The Morgan fingerprint density at radius 2 is 1.76 bits per heavy atom. The number of hydrogen-bond acceptors (Lipinski definition) is 5. The van der Waals surface area contributed by atoms with Crippen LogP contribution in [0.5, 0.6) is 11.5 Å². The second-order valence-electron chi connectivity index (χ2n) is 6.63. The van der Waals surface area contributed by atoms with Crippen LogP contribution in [0.15, 0.2) is 41.3 Å². The van der Waals surface area contributed by atoms with Gasteiger partial charge in [-0.1, -0.05) is 0 Å². The summed E-state index contributed by atoms with van der Waals surface area (Å²) in [7, 11) is 2.42. The molecule has 0 atom stereocenters. The highest BCUT2D eigenvalue weighted by molar-refractivity contribution is 7.89. The number of nitrogens with zero attached hydrogens (tertiary/aromatic N) is 1. The number of benzene rings is 2. The third-order valence-electron chi connectivity index (χ3n) is 4.53. The molecule has 0 aliphatic rings. The van der Waals surface area contributed by atoms with E-state index < -0.39 is 10.0 Å². The predicted octanol–water partition coefficient (Wildman–Crippen LogP) is 3.22. The first kappa shape index (κ1) is 22.4. The summed E-state index contributed by atoms with van der Waals surface area (Å²) in [4.78, 5) is 12.6. The molecule has 0 unspecified atom stereocenters. The van der Waals surface area contributed by atoms with Crippen molar-refractivity contribution in [2.75, 3.05) is 33.6 Å². The average molecular weight is 419 g/mol. The van der Waals surface area contributed by atoms with Crippen molar-refractivity contribution in [3.8, 4) is 11.5 Å². The molecule has 1 N–H and O–H groups in total. The van der Waals surface area contributed by atoms with E-state index in [0.29, 0.717) is 22.7 Å². The minimum atomic E-state index is -3.61. The molecule has 0 aromatic heterocycles. The van der Waals surface area contributed by atoms with Gasteiger partial charge in [0.25, 0.3) is 0 Å². The molecule has 8 heteroatoms. The van der Waals surface area contributed by atoms with Gasteiger partial charge in [-0.15, -0.1) is 0 Å². The van der Waals surface area contributed by atoms with Crippen LogP contribution < -0.4 is 14.8 Å².